The molecule has 0 saturated heterocycles. The van der Waals surface area contributed by atoms with Crippen molar-refractivity contribution in [2.24, 2.45) is 29.1 Å². The molecule has 0 spiro atoms. The maximum atomic E-state index is 2.54. The van der Waals surface area contributed by atoms with Gasteiger partial charge in [-0.05, 0) is 54.8 Å². The molecule has 0 heteroatoms. The van der Waals surface area contributed by atoms with Crippen LogP contribution >= 0.6 is 0 Å². The van der Waals surface area contributed by atoms with Gasteiger partial charge in [-0.25, -0.2) is 0 Å². The minimum absolute atomic E-state index is 0.826. The van der Waals surface area contributed by atoms with E-state index in [1.807, 2.05) is 0 Å². The molecular weight excluding hydrogens is 132 g/mol. The minimum Gasteiger partial charge on any atom is -0.0620 e. The molecule has 0 aliphatic heterocycles. The van der Waals surface area contributed by atoms with E-state index in [0.717, 1.165) is 29.1 Å². The highest BCUT2D eigenvalue weighted by atomic mass is 14.7. The zero-order chi connectivity index (χ0) is 7.64. The summed E-state index contributed by atoms with van der Waals surface area (Å²) in [6, 6.07) is 0. The van der Waals surface area contributed by atoms with Crippen LogP contribution < -0.4 is 0 Å². The second kappa shape index (κ2) is 1.67. The lowest BCUT2D eigenvalue weighted by atomic mass is 9.73. The number of rotatable bonds is 0. The van der Waals surface area contributed by atoms with Gasteiger partial charge in [-0.15, -0.1) is 0 Å². The van der Waals surface area contributed by atoms with Crippen molar-refractivity contribution in [2.75, 3.05) is 0 Å². The molecule has 5 atom stereocenters. The van der Waals surface area contributed by atoms with E-state index in [9.17, 15) is 0 Å². The Labute approximate surface area is 69.4 Å². The molecule has 0 radical (unpaired) electrons. The monoisotopic (exact) mass is 150 g/mol. The van der Waals surface area contributed by atoms with Crippen molar-refractivity contribution in [3.8, 4) is 0 Å². The van der Waals surface area contributed by atoms with E-state index in [1.165, 1.54) is 0 Å². The van der Waals surface area contributed by atoms with Crippen LogP contribution in [0.3, 0.4) is 0 Å². The van der Waals surface area contributed by atoms with Gasteiger partial charge in [0.25, 0.3) is 0 Å². The maximum absolute atomic E-state index is 2.54. The van der Waals surface area contributed by atoms with Crippen LogP contribution in [0.25, 0.3) is 0 Å². The largest absolute Gasteiger partial charge is 0.0620 e. The third kappa shape index (κ3) is 0.625. The molecule has 0 N–H and O–H groups in total. The highest BCUT2D eigenvalue weighted by molar-refractivity contribution is 5.11. The van der Waals surface area contributed by atoms with E-state index in [2.05, 4.69) is 13.8 Å². The maximum Gasteiger partial charge on any atom is -0.0263 e. The molecule has 3 aliphatic rings. The van der Waals surface area contributed by atoms with Crippen molar-refractivity contribution in [3.63, 3.8) is 0 Å². The summed E-state index contributed by atoms with van der Waals surface area (Å²) in [5, 5.41) is 0. The first kappa shape index (κ1) is 6.51. The van der Waals surface area contributed by atoms with Crippen molar-refractivity contribution >= 4 is 0 Å². The topological polar surface area (TPSA) is 0 Å². The lowest BCUT2D eigenvalue weighted by Crippen LogP contribution is -2.25. The Morgan fingerprint density at radius 2 is 2.09 bits per heavy atom. The fourth-order valence-electron chi connectivity index (χ4n) is 4.15. The van der Waals surface area contributed by atoms with Crippen molar-refractivity contribution < 1.29 is 0 Å². The fourth-order valence-corrected chi connectivity index (χ4v) is 4.15. The van der Waals surface area contributed by atoms with Gasteiger partial charge in [0.2, 0.25) is 0 Å². The summed E-state index contributed by atoms with van der Waals surface area (Å²) in [4.78, 5) is 0. The van der Waals surface area contributed by atoms with Crippen molar-refractivity contribution in [2.45, 2.75) is 39.5 Å². The van der Waals surface area contributed by atoms with E-state index in [-0.39, 0.29) is 0 Å². The van der Waals surface area contributed by atoms with Crippen LogP contribution in [0.5, 0.6) is 0 Å². The first-order valence-electron chi connectivity index (χ1n) is 5.22. The zero-order valence-electron chi connectivity index (χ0n) is 7.64. The molecule has 5 unspecified atom stereocenters. The number of fused-ring (bicyclic) bond motifs is 4. The van der Waals surface area contributed by atoms with E-state index in [4.69, 9.17) is 0 Å². The first-order valence-corrected chi connectivity index (χ1v) is 5.22. The molecule has 11 heavy (non-hydrogen) atoms. The molecule has 0 amide bonds. The third-order valence-corrected chi connectivity index (χ3v) is 5.12. The first-order chi connectivity index (χ1) is 5.22. The molecule has 0 heterocycles. The normalized spacial score (nSPS) is 66.0. The standard InChI is InChI=1S/C11H18/c1-7-8-3-4-10(7)11(2)6-9(11)5-8/h7-10H,3-6H2,1-2H3. The van der Waals surface area contributed by atoms with Gasteiger partial charge in [0.05, 0.1) is 0 Å². The Hall–Kier alpha value is 0. The van der Waals surface area contributed by atoms with Crippen molar-refractivity contribution in [1.29, 1.82) is 0 Å². The van der Waals surface area contributed by atoms with Gasteiger partial charge < -0.3 is 0 Å². The quantitative estimate of drug-likeness (QED) is 0.498. The summed E-state index contributed by atoms with van der Waals surface area (Å²) < 4.78 is 0. The summed E-state index contributed by atoms with van der Waals surface area (Å²) in [5.74, 6) is 4.46. The third-order valence-electron chi connectivity index (χ3n) is 5.12. The molecule has 3 saturated carbocycles. The Balaban J connectivity index is 1.96. The summed E-state index contributed by atoms with van der Waals surface area (Å²) in [6.45, 7) is 5.04. The predicted molar refractivity (Wildman–Crippen MR) is 46.2 cm³/mol. The van der Waals surface area contributed by atoms with Gasteiger partial charge in [-0.1, -0.05) is 13.8 Å². The Morgan fingerprint density at radius 3 is 2.91 bits per heavy atom. The van der Waals surface area contributed by atoms with Crippen LogP contribution in [0.1, 0.15) is 39.5 Å². The van der Waals surface area contributed by atoms with Crippen LogP contribution in [0.15, 0.2) is 0 Å². The molecule has 0 aromatic carbocycles. The lowest BCUT2D eigenvalue weighted by Gasteiger charge is -2.32. The highest BCUT2D eigenvalue weighted by Gasteiger charge is 2.62. The van der Waals surface area contributed by atoms with E-state index < -0.39 is 0 Å². The molecule has 3 rings (SSSR count). The molecule has 0 aromatic rings. The molecule has 62 valence electrons. The minimum atomic E-state index is 0.826. The molecular formula is C11H18. The van der Waals surface area contributed by atoms with Crippen LogP contribution in [0.4, 0.5) is 0 Å². The zero-order valence-corrected chi connectivity index (χ0v) is 7.64. The average molecular weight is 150 g/mol. The molecule has 3 fully saturated rings. The van der Waals surface area contributed by atoms with Crippen molar-refractivity contribution in [3.05, 3.63) is 0 Å². The lowest BCUT2D eigenvalue weighted by molar-refractivity contribution is 0.167. The summed E-state index contributed by atoms with van der Waals surface area (Å²) in [5.41, 5.74) is 0.826. The molecule has 3 aliphatic carbocycles. The van der Waals surface area contributed by atoms with Gasteiger partial charge in [0.1, 0.15) is 0 Å². The Bertz CT molecular complexity index is 196. The smallest absolute Gasteiger partial charge is 0.0263 e. The summed E-state index contributed by atoms with van der Waals surface area (Å²) in [6.07, 6.45) is 6.25. The predicted octanol–water partition coefficient (Wildman–Crippen LogP) is 3.08. The van der Waals surface area contributed by atoms with Crippen LogP contribution in [0.2, 0.25) is 0 Å². The van der Waals surface area contributed by atoms with Crippen molar-refractivity contribution in [1.82, 2.24) is 0 Å². The number of hydrogen-bond acceptors (Lipinski definition) is 0. The summed E-state index contributed by atoms with van der Waals surface area (Å²) in [7, 11) is 0. The van der Waals surface area contributed by atoms with Gasteiger partial charge >= 0.3 is 0 Å². The second-order valence-corrected chi connectivity index (χ2v) is 5.45. The Morgan fingerprint density at radius 1 is 1.27 bits per heavy atom. The van der Waals surface area contributed by atoms with Gasteiger partial charge in [-0.2, -0.15) is 0 Å². The summed E-state index contributed by atoms with van der Waals surface area (Å²) >= 11 is 0. The second-order valence-electron chi connectivity index (χ2n) is 5.45. The molecule has 2 bridgehead atoms. The molecule has 0 aromatic heterocycles. The van der Waals surface area contributed by atoms with Crippen LogP contribution in [-0.2, 0) is 0 Å². The highest BCUT2D eigenvalue weighted by Crippen LogP contribution is 2.70. The molecule has 0 nitrogen and oxygen atoms in total. The van der Waals surface area contributed by atoms with Gasteiger partial charge in [-0.3, -0.25) is 0 Å². The van der Waals surface area contributed by atoms with E-state index in [0.29, 0.717) is 0 Å². The van der Waals surface area contributed by atoms with E-state index >= 15 is 0 Å². The van der Waals surface area contributed by atoms with Gasteiger partial charge in [0, 0.05) is 0 Å². The van der Waals surface area contributed by atoms with E-state index in [1.54, 1.807) is 25.7 Å². The Kier molecular flexibility index (Phi) is 0.990. The SMILES string of the molecule is CC1C2CCC1C1(C)CC1C2. The van der Waals surface area contributed by atoms with Crippen LogP contribution in [-0.4, -0.2) is 0 Å². The van der Waals surface area contributed by atoms with Gasteiger partial charge in [0.15, 0.2) is 0 Å². The average Bonchev–Trinajstić information content (AvgIpc) is 2.47. The number of hydrogen-bond donors (Lipinski definition) is 0. The van der Waals surface area contributed by atoms with Crippen LogP contribution in [0, 0.1) is 29.1 Å². The fraction of sp³-hybridized carbons (Fsp3) is 1.00.